The molecule has 0 amide bonds. The average Bonchev–Trinajstić information content (AvgIpc) is 3.02. The Kier molecular flexibility index (Phi) is 4.83. The summed E-state index contributed by atoms with van der Waals surface area (Å²) in [5, 5.41) is 11.9. The van der Waals surface area contributed by atoms with Crippen LogP contribution in [0.4, 0.5) is 0 Å². The quantitative estimate of drug-likeness (QED) is 0.834. The number of aryl methyl sites for hydroxylation is 1. The molecular formula is C12H19N5S. The molecule has 0 fully saturated rings. The van der Waals surface area contributed by atoms with Gasteiger partial charge in [-0.15, -0.1) is 5.10 Å². The number of nitrogens with zero attached hydrogens (tertiary/aromatic N) is 4. The Balaban J connectivity index is 2.24. The molecule has 2 aromatic rings. The minimum absolute atomic E-state index is 0.152. The maximum Gasteiger partial charge on any atom is 0.0874 e. The molecule has 0 aliphatic carbocycles. The Morgan fingerprint density at radius 3 is 2.94 bits per heavy atom. The number of rotatable bonds is 7. The minimum Gasteiger partial charge on any atom is -0.304 e. The first kappa shape index (κ1) is 13.2. The van der Waals surface area contributed by atoms with Crippen LogP contribution in [0.25, 0.3) is 0 Å². The molecule has 0 radical (unpaired) electrons. The van der Waals surface area contributed by atoms with Gasteiger partial charge in [0.1, 0.15) is 0 Å². The van der Waals surface area contributed by atoms with Crippen LogP contribution in [0.3, 0.4) is 0 Å². The molecule has 0 bridgehead atoms. The van der Waals surface area contributed by atoms with E-state index in [4.69, 9.17) is 0 Å². The van der Waals surface area contributed by atoms with Crippen molar-refractivity contribution in [2.75, 3.05) is 6.54 Å². The second-order valence-electron chi connectivity index (χ2n) is 4.19. The summed E-state index contributed by atoms with van der Waals surface area (Å²) in [6.45, 7) is 6.24. The molecule has 2 rings (SSSR count). The van der Waals surface area contributed by atoms with Crippen LogP contribution in [-0.4, -0.2) is 25.9 Å². The van der Waals surface area contributed by atoms with Crippen molar-refractivity contribution in [2.24, 2.45) is 0 Å². The lowest BCUT2D eigenvalue weighted by molar-refractivity contribution is 0.515. The first-order chi connectivity index (χ1) is 8.86. The first-order valence-electron chi connectivity index (χ1n) is 6.39. The summed E-state index contributed by atoms with van der Waals surface area (Å²) < 4.78 is 6.02. The monoisotopic (exact) mass is 265 g/mol. The molecule has 0 saturated carbocycles. The van der Waals surface area contributed by atoms with E-state index in [1.54, 1.807) is 0 Å². The predicted octanol–water partition coefficient (Wildman–Crippen LogP) is 2.23. The minimum atomic E-state index is 0.152. The predicted molar refractivity (Wildman–Crippen MR) is 72.6 cm³/mol. The van der Waals surface area contributed by atoms with Crippen LogP contribution < -0.4 is 5.32 Å². The smallest absolute Gasteiger partial charge is 0.0874 e. The van der Waals surface area contributed by atoms with Crippen molar-refractivity contribution in [3.63, 3.8) is 0 Å². The highest BCUT2D eigenvalue weighted by Gasteiger charge is 2.19. The van der Waals surface area contributed by atoms with Gasteiger partial charge in [0.15, 0.2) is 0 Å². The van der Waals surface area contributed by atoms with E-state index >= 15 is 0 Å². The summed E-state index contributed by atoms with van der Waals surface area (Å²) in [5.41, 5.74) is 1.19. The van der Waals surface area contributed by atoms with E-state index in [9.17, 15) is 0 Å². The van der Waals surface area contributed by atoms with Gasteiger partial charge in [-0.1, -0.05) is 18.3 Å². The van der Waals surface area contributed by atoms with Crippen LogP contribution in [0.1, 0.15) is 43.3 Å². The summed E-state index contributed by atoms with van der Waals surface area (Å²) in [6, 6.07) is 2.22. The van der Waals surface area contributed by atoms with Crippen molar-refractivity contribution < 1.29 is 0 Å². The fourth-order valence-corrected chi connectivity index (χ4v) is 2.52. The zero-order chi connectivity index (χ0) is 12.8. The Hall–Kier alpha value is -1.27. The number of hydrogen-bond acceptors (Lipinski definition) is 5. The van der Waals surface area contributed by atoms with Crippen molar-refractivity contribution in [1.29, 1.82) is 0 Å². The third kappa shape index (κ3) is 2.94. The molecule has 2 heterocycles. The van der Waals surface area contributed by atoms with Gasteiger partial charge in [0, 0.05) is 12.7 Å². The van der Waals surface area contributed by atoms with E-state index < -0.39 is 0 Å². The first-order valence-corrected chi connectivity index (χ1v) is 7.16. The fourth-order valence-electron chi connectivity index (χ4n) is 1.93. The van der Waals surface area contributed by atoms with E-state index in [1.165, 1.54) is 17.2 Å². The lowest BCUT2D eigenvalue weighted by atomic mass is 10.1. The molecule has 0 aromatic carbocycles. The Morgan fingerprint density at radius 2 is 2.28 bits per heavy atom. The molecule has 1 unspecified atom stereocenters. The van der Waals surface area contributed by atoms with E-state index in [1.807, 2.05) is 12.4 Å². The molecular weight excluding hydrogens is 246 g/mol. The molecule has 2 aromatic heterocycles. The molecule has 0 saturated heterocycles. The molecule has 98 valence electrons. The third-order valence-corrected chi connectivity index (χ3v) is 3.47. The van der Waals surface area contributed by atoms with Gasteiger partial charge in [0.05, 0.1) is 22.8 Å². The Labute approximate surface area is 111 Å². The van der Waals surface area contributed by atoms with Gasteiger partial charge < -0.3 is 5.32 Å². The summed E-state index contributed by atoms with van der Waals surface area (Å²) in [7, 11) is 0. The standard InChI is InChI=1S/C12H19N5S/c1-3-6-13-12(11-9-14-16-18-11)10-5-7-15-17(10)8-4-2/h5,7,9,12-13H,3-4,6,8H2,1-2H3. The maximum atomic E-state index is 4.39. The van der Waals surface area contributed by atoms with Gasteiger partial charge in [0.2, 0.25) is 0 Å². The van der Waals surface area contributed by atoms with Crippen LogP contribution >= 0.6 is 11.5 Å². The van der Waals surface area contributed by atoms with Gasteiger partial charge in [-0.2, -0.15) is 5.10 Å². The van der Waals surface area contributed by atoms with Gasteiger partial charge >= 0.3 is 0 Å². The number of nitrogens with one attached hydrogen (secondary N) is 1. The highest BCUT2D eigenvalue weighted by molar-refractivity contribution is 7.05. The molecule has 6 heteroatoms. The van der Waals surface area contributed by atoms with Gasteiger partial charge in [-0.3, -0.25) is 4.68 Å². The zero-order valence-corrected chi connectivity index (χ0v) is 11.7. The highest BCUT2D eigenvalue weighted by Crippen LogP contribution is 2.23. The van der Waals surface area contributed by atoms with Gasteiger partial charge in [-0.05, 0) is 37.0 Å². The van der Waals surface area contributed by atoms with E-state index in [0.717, 1.165) is 30.8 Å². The summed E-state index contributed by atoms with van der Waals surface area (Å²) >= 11 is 1.44. The van der Waals surface area contributed by atoms with Crippen molar-refractivity contribution >= 4 is 11.5 Å². The van der Waals surface area contributed by atoms with E-state index in [-0.39, 0.29) is 6.04 Å². The largest absolute Gasteiger partial charge is 0.304 e. The summed E-state index contributed by atoms with van der Waals surface area (Å²) in [6.07, 6.45) is 5.88. The van der Waals surface area contributed by atoms with E-state index in [2.05, 4.69) is 44.6 Å². The van der Waals surface area contributed by atoms with Crippen molar-refractivity contribution in [3.05, 3.63) is 29.0 Å². The maximum absolute atomic E-state index is 4.39. The Bertz CT molecular complexity index is 451. The summed E-state index contributed by atoms with van der Waals surface area (Å²) in [5.74, 6) is 0. The van der Waals surface area contributed by atoms with Crippen LogP contribution in [0, 0.1) is 0 Å². The van der Waals surface area contributed by atoms with Crippen LogP contribution in [0.15, 0.2) is 18.5 Å². The molecule has 1 atom stereocenters. The number of hydrogen-bond donors (Lipinski definition) is 1. The number of aromatic nitrogens is 4. The van der Waals surface area contributed by atoms with E-state index in [0.29, 0.717) is 0 Å². The SMILES string of the molecule is CCCNC(c1cnns1)c1ccnn1CCC. The normalized spacial score (nSPS) is 12.8. The molecule has 5 nitrogen and oxygen atoms in total. The molecule has 18 heavy (non-hydrogen) atoms. The van der Waals surface area contributed by atoms with Crippen LogP contribution in [0.2, 0.25) is 0 Å². The second kappa shape index (κ2) is 6.61. The topological polar surface area (TPSA) is 55.6 Å². The molecule has 1 N–H and O–H groups in total. The Morgan fingerprint density at radius 1 is 1.39 bits per heavy atom. The van der Waals surface area contributed by atoms with Crippen molar-refractivity contribution in [1.82, 2.24) is 24.7 Å². The second-order valence-corrected chi connectivity index (χ2v) is 5.00. The zero-order valence-electron chi connectivity index (χ0n) is 10.8. The molecule has 0 aliphatic heterocycles. The third-order valence-electron chi connectivity index (χ3n) is 2.74. The summed E-state index contributed by atoms with van der Waals surface area (Å²) in [4.78, 5) is 1.14. The van der Waals surface area contributed by atoms with Gasteiger partial charge in [0.25, 0.3) is 0 Å². The lowest BCUT2D eigenvalue weighted by Gasteiger charge is -2.17. The lowest BCUT2D eigenvalue weighted by Crippen LogP contribution is -2.25. The highest BCUT2D eigenvalue weighted by atomic mass is 32.1. The van der Waals surface area contributed by atoms with Crippen LogP contribution in [0.5, 0.6) is 0 Å². The average molecular weight is 265 g/mol. The van der Waals surface area contributed by atoms with Crippen molar-refractivity contribution in [2.45, 2.75) is 39.3 Å². The van der Waals surface area contributed by atoms with Crippen LogP contribution in [-0.2, 0) is 6.54 Å². The molecule has 0 spiro atoms. The van der Waals surface area contributed by atoms with Crippen molar-refractivity contribution in [3.8, 4) is 0 Å². The molecule has 0 aliphatic rings. The fraction of sp³-hybridized carbons (Fsp3) is 0.583. The van der Waals surface area contributed by atoms with Gasteiger partial charge in [-0.25, -0.2) is 0 Å².